The molecule has 0 bridgehead atoms. The zero-order valence-corrected chi connectivity index (χ0v) is 10.2. The number of benzene rings is 1. The molecular formula is C14H15N3O. The van der Waals surface area contributed by atoms with E-state index in [4.69, 9.17) is 0 Å². The summed E-state index contributed by atoms with van der Waals surface area (Å²) in [5.41, 5.74) is 1.85. The van der Waals surface area contributed by atoms with Crippen LogP contribution in [0.2, 0.25) is 0 Å². The first kappa shape index (κ1) is 10.1. The van der Waals surface area contributed by atoms with Gasteiger partial charge in [0.15, 0.2) is 0 Å². The molecule has 0 aromatic heterocycles. The molecule has 3 aliphatic rings. The topological polar surface area (TPSA) is 35.9 Å². The average Bonchev–Trinajstić information content (AvgIpc) is 3.08. The molecule has 0 N–H and O–H groups in total. The average molecular weight is 241 g/mol. The van der Waals surface area contributed by atoms with Crippen molar-refractivity contribution in [3.8, 4) is 0 Å². The number of rotatable bonds is 2. The van der Waals surface area contributed by atoms with Crippen LogP contribution in [-0.4, -0.2) is 36.4 Å². The lowest BCUT2D eigenvalue weighted by Crippen LogP contribution is -2.50. The first-order valence-corrected chi connectivity index (χ1v) is 6.57. The minimum atomic E-state index is 0.105. The Morgan fingerprint density at radius 1 is 1.28 bits per heavy atom. The van der Waals surface area contributed by atoms with Crippen molar-refractivity contribution in [3.63, 3.8) is 0 Å². The molecule has 1 fully saturated rings. The highest BCUT2D eigenvalue weighted by molar-refractivity contribution is 6.19. The number of para-hydroxylation sites is 1. The largest absolute Gasteiger partial charge is 0.311 e. The van der Waals surface area contributed by atoms with Gasteiger partial charge in [0, 0.05) is 13.1 Å². The second kappa shape index (κ2) is 3.57. The van der Waals surface area contributed by atoms with Crippen LogP contribution >= 0.6 is 0 Å². The van der Waals surface area contributed by atoms with Gasteiger partial charge in [0.05, 0.1) is 17.8 Å². The predicted molar refractivity (Wildman–Crippen MR) is 69.9 cm³/mol. The van der Waals surface area contributed by atoms with Crippen LogP contribution < -0.4 is 4.90 Å². The molecule has 0 spiro atoms. The van der Waals surface area contributed by atoms with Gasteiger partial charge in [-0.2, -0.15) is 0 Å². The quantitative estimate of drug-likeness (QED) is 0.790. The highest BCUT2D eigenvalue weighted by atomic mass is 16.2. The third-order valence-corrected chi connectivity index (χ3v) is 3.87. The van der Waals surface area contributed by atoms with E-state index in [9.17, 15) is 4.79 Å². The van der Waals surface area contributed by atoms with Crippen molar-refractivity contribution < 1.29 is 4.79 Å². The SMILES string of the molecule is O=C1c2ccccc2N(CC2CC2)C2=NCCN12. The third-order valence-electron chi connectivity index (χ3n) is 3.87. The lowest BCUT2D eigenvalue weighted by Gasteiger charge is -2.36. The summed E-state index contributed by atoms with van der Waals surface area (Å²) in [6, 6.07) is 7.89. The number of amides is 1. The molecule has 1 amide bonds. The Bertz CT molecular complexity index is 548. The maximum atomic E-state index is 12.4. The van der Waals surface area contributed by atoms with Crippen LogP contribution in [0.5, 0.6) is 0 Å². The Hall–Kier alpha value is -1.84. The summed E-state index contributed by atoms with van der Waals surface area (Å²) in [7, 11) is 0. The predicted octanol–water partition coefficient (Wildman–Crippen LogP) is 1.73. The molecule has 0 radical (unpaired) electrons. The van der Waals surface area contributed by atoms with Gasteiger partial charge in [-0.05, 0) is 30.9 Å². The van der Waals surface area contributed by atoms with Crippen LogP contribution in [-0.2, 0) is 0 Å². The van der Waals surface area contributed by atoms with Crippen molar-refractivity contribution in [1.82, 2.24) is 4.90 Å². The Kier molecular flexibility index (Phi) is 2.01. The number of hydrogen-bond acceptors (Lipinski definition) is 3. The molecule has 4 rings (SSSR count). The maximum Gasteiger partial charge on any atom is 0.262 e. The Morgan fingerprint density at radius 3 is 2.94 bits per heavy atom. The second-order valence-corrected chi connectivity index (χ2v) is 5.21. The summed E-state index contributed by atoms with van der Waals surface area (Å²) in [5, 5.41) is 0. The fraction of sp³-hybridized carbons (Fsp3) is 0.429. The van der Waals surface area contributed by atoms with Crippen LogP contribution in [0.1, 0.15) is 23.2 Å². The smallest absolute Gasteiger partial charge is 0.262 e. The summed E-state index contributed by atoms with van der Waals surface area (Å²) in [6.45, 7) is 2.46. The number of aliphatic imine (C=N–C) groups is 1. The van der Waals surface area contributed by atoms with Gasteiger partial charge >= 0.3 is 0 Å². The van der Waals surface area contributed by atoms with Gasteiger partial charge in [-0.15, -0.1) is 0 Å². The van der Waals surface area contributed by atoms with E-state index in [1.165, 1.54) is 12.8 Å². The van der Waals surface area contributed by atoms with E-state index in [1.54, 1.807) is 0 Å². The fourth-order valence-corrected chi connectivity index (χ4v) is 2.74. The van der Waals surface area contributed by atoms with E-state index in [2.05, 4.69) is 9.89 Å². The molecular weight excluding hydrogens is 226 g/mol. The monoisotopic (exact) mass is 241 g/mol. The number of guanidine groups is 1. The van der Waals surface area contributed by atoms with E-state index in [-0.39, 0.29) is 5.91 Å². The summed E-state index contributed by atoms with van der Waals surface area (Å²) >= 11 is 0. The van der Waals surface area contributed by atoms with Crippen molar-refractivity contribution in [1.29, 1.82) is 0 Å². The molecule has 0 saturated heterocycles. The minimum absolute atomic E-state index is 0.105. The van der Waals surface area contributed by atoms with Crippen molar-refractivity contribution in [2.24, 2.45) is 10.9 Å². The zero-order chi connectivity index (χ0) is 12.1. The van der Waals surface area contributed by atoms with Crippen LogP contribution in [0.3, 0.4) is 0 Å². The molecule has 1 aliphatic carbocycles. The van der Waals surface area contributed by atoms with Crippen molar-refractivity contribution in [2.45, 2.75) is 12.8 Å². The molecule has 0 unspecified atom stereocenters. The molecule has 4 nitrogen and oxygen atoms in total. The van der Waals surface area contributed by atoms with Gasteiger partial charge in [-0.25, -0.2) is 0 Å². The first-order chi connectivity index (χ1) is 8.84. The third kappa shape index (κ3) is 1.38. The lowest BCUT2D eigenvalue weighted by molar-refractivity contribution is 0.0851. The molecule has 4 heteroatoms. The van der Waals surface area contributed by atoms with E-state index in [0.717, 1.165) is 42.8 Å². The molecule has 1 aromatic rings. The summed E-state index contributed by atoms with van der Waals surface area (Å²) in [5.74, 6) is 1.75. The molecule has 2 aliphatic heterocycles. The van der Waals surface area contributed by atoms with Crippen LogP contribution in [0.25, 0.3) is 0 Å². The highest BCUT2D eigenvalue weighted by Crippen LogP contribution is 2.36. The van der Waals surface area contributed by atoms with E-state index < -0.39 is 0 Å². The van der Waals surface area contributed by atoms with Gasteiger partial charge in [0.1, 0.15) is 0 Å². The molecule has 92 valence electrons. The van der Waals surface area contributed by atoms with Crippen molar-refractivity contribution >= 4 is 17.6 Å². The zero-order valence-electron chi connectivity index (χ0n) is 10.2. The van der Waals surface area contributed by atoms with E-state index in [1.807, 2.05) is 29.2 Å². The van der Waals surface area contributed by atoms with Crippen LogP contribution in [0.4, 0.5) is 5.69 Å². The number of nitrogens with zero attached hydrogens (tertiary/aromatic N) is 3. The molecule has 18 heavy (non-hydrogen) atoms. The van der Waals surface area contributed by atoms with Gasteiger partial charge in [0.2, 0.25) is 5.96 Å². The summed E-state index contributed by atoms with van der Waals surface area (Å²) < 4.78 is 0. The number of carbonyl (C=O) groups is 1. The number of hydrogen-bond donors (Lipinski definition) is 0. The van der Waals surface area contributed by atoms with Crippen molar-refractivity contribution in [3.05, 3.63) is 29.8 Å². The molecule has 1 aromatic carbocycles. The molecule has 2 heterocycles. The van der Waals surface area contributed by atoms with E-state index in [0.29, 0.717) is 0 Å². The van der Waals surface area contributed by atoms with Gasteiger partial charge in [-0.3, -0.25) is 14.7 Å². The van der Waals surface area contributed by atoms with Gasteiger partial charge in [-0.1, -0.05) is 12.1 Å². The fourth-order valence-electron chi connectivity index (χ4n) is 2.74. The van der Waals surface area contributed by atoms with Gasteiger partial charge < -0.3 is 4.90 Å². The standard InChI is InChI=1S/C14H15N3O/c18-13-11-3-1-2-4-12(11)17(9-10-5-6-10)14-15-7-8-16(13)14/h1-4,10H,5-9H2. The second-order valence-electron chi connectivity index (χ2n) is 5.21. The summed E-state index contributed by atoms with van der Waals surface area (Å²) in [4.78, 5) is 20.9. The first-order valence-electron chi connectivity index (χ1n) is 6.57. The Balaban J connectivity index is 1.82. The van der Waals surface area contributed by atoms with Crippen molar-refractivity contribution in [2.75, 3.05) is 24.5 Å². The molecule has 0 atom stereocenters. The maximum absolute atomic E-state index is 12.4. The Labute approximate surface area is 106 Å². The van der Waals surface area contributed by atoms with Crippen LogP contribution in [0, 0.1) is 5.92 Å². The minimum Gasteiger partial charge on any atom is -0.311 e. The lowest BCUT2D eigenvalue weighted by atomic mass is 10.1. The number of carbonyl (C=O) groups excluding carboxylic acids is 1. The Morgan fingerprint density at radius 2 is 2.11 bits per heavy atom. The summed E-state index contributed by atoms with van der Waals surface area (Å²) in [6.07, 6.45) is 2.61. The highest BCUT2D eigenvalue weighted by Gasteiger charge is 2.39. The van der Waals surface area contributed by atoms with Crippen LogP contribution in [0.15, 0.2) is 29.3 Å². The van der Waals surface area contributed by atoms with E-state index >= 15 is 0 Å². The van der Waals surface area contributed by atoms with Gasteiger partial charge in [0.25, 0.3) is 5.91 Å². The normalized spacial score (nSPS) is 21.8. The molecule has 1 saturated carbocycles. The number of fused-ring (bicyclic) bond motifs is 2. The number of anilines is 1.